The summed E-state index contributed by atoms with van der Waals surface area (Å²) in [6, 6.07) is 11.6. The van der Waals surface area contributed by atoms with E-state index in [1.54, 1.807) is 12.1 Å². The minimum Gasteiger partial charge on any atom is -0.451 e. The van der Waals surface area contributed by atoms with Crippen LogP contribution in [-0.2, 0) is 0 Å². The molecule has 0 atom stereocenters. The second kappa shape index (κ2) is 6.34. The molecule has 0 aliphatic heterocycles. The zero-order valence-corrected chi connectivity index (χ0v) is 14.9. The molecule has 4 rings (SSSR count). The number of carbonyl (C=O) groups excluding carboxylic acids is 1. The Kier molecular flexibility index (Phi) is 4.00. The Bertz CT molecular complexity index is 1120. The van der Waals surface area contributed by atoms with Crippen molar-refractivity contribution >= 4 is 33.5 Å². The molecule has 130 valence electrons. The lowest BCUT2D eigenvalue weighted by Gasteiger charge is -1.98. The molecule has 0 saturated heterocycles. The second-order valence-electron chi connectivity index (χ2n) is 5.94. The van der Waals surface area contributed by atoms with Crippen LogP contribution in [0.1, 0.15) is 21.7 Å². The number of nitrogens with zero attached hydrogens (tertiary/aromatic N) is 2. The molecular formula is C19H14FN3O2S. The van der Waals surface area contributed by atoms with Gasteiger partial charge in [-0.05, 0) is 50.2 Å². The van der Waals surface area contributed by atoms with E-state index in [0.29, 0.717) is 22.1 Å². The lowest BCUT2D eigenvalue weighted by Crippen LogP contribution is -2.11. The van der Waals surface area contributed by atoms with Crippen molar-refractivity contribution < 1.29 is 13.6 Å². The summed E-state index contributed by atoms with van der Waals surface area (Å²) in [7, 11) is 0. The number of aromatic nitrogens is 2. The summed E-state index contributed by atoms with van der Waals surface area (Å²) in [5.41, 5.74) is 3.23. The molecule has 0 fully saturated rings. The highest BCUT2D eigenvalue weighted by Crippen LogP contribution is 2.27. The van der Waals surface area contributed by atoms with Gasteiger partial charge in [0.05, 0.1) is 0 Å². The molecule has 2 aromatic carbocycles. The lowest BCUT2D eigenvalue weighted by atomic mass is 10.1. The van der Waals surface area contributed by atoms with E-state index in [4.69, 9.17) is 4.42 Å². The van der Waals surface area contributed by atoms with Crippen LogP contribution in [0.15, 0.2) is 46.9 Å². The second-order valence-corrected chi connectivity index (χ2v) is 6.69. The third-order valence-electron chi connectivity index (χ3n) is 4.05. The number of furan rings is 1. The van der Waals surface area contributed by atoms with Gasteiger partial charge in [-0.2, -0.15) is 9.36 Å². The van der Waals surface area contributed by atoms with Crippen LogP contribution in [0.5, 0.6) is 0 Å². The van der Waals surface area contributed by atoms with Gasteiger partial charge in [0.2, 0.25) is 5.13 Å². The Hall–Kier alpha value is -3.06. The summed E-state index contributed by atoms with van der Waals surface area (Å²) in [4.78, 5) is 16.8. The maximum atomic E-state index is 13.0. The molecule has 1 N–H and O–H groups in total. The molecule has 0 spiro atoms. The number of halogens is 1. The Morgan fingerprint density at radius 2 is 1.92 bits per heavy atom. The van der Waals surface area contributed by atoms with Gasteiger partial charge in [0, 0.05) is 28.0 Å². The lowest BCUT2D eigenvalue weighted by molar-refractivity contribution is 0.0998. The number of carbonyl (C=O) groups is 1. The molecule has 2 heterocycles. The largest absolute Gasteiger partial charge is 0.451 e. The van der Waals surface area contributed by atoms with Crippen LogP contribution in [0.3, 0.4) is 0 Å². The molecule has 0 unspecified atom stereocenters. The van der Waals surface area contributed by atoms with E-state index < -0.39 is 0 Å². The van der Waals surface area contributed by atoms with Gasteiger partial charge in [-0.3, -0.25) is 10.1 Å². The van der Waals surface area contributed by atoms with Gasteiger partial charge in [-0.25, -0.2) is 4.39 Å². The van der Waals surface area contributed by atoms with Crippen LogP contribution in [-0.4, -0.2) is 15.3 Å². The minimum absolute atomic E-state index is 0.254. The van der Waals surface area contributed by atoms with Crippen molar-refractivity contribution in [2.75, 3.05) is 5.32 Å². The number of rotatable bonds is 3. The van der Waals surface area contributed by atoms with Gasteiger partial charge in [0.1, 0.15) is 11.4 Å². The molecular weight excluding hydrogens is 353 g/mol. The van der Waals surface area contributed by atoms with E-state index in [2.05, 4.69) is 14.7 Å². The van der Waals surface area contributed by atoms with Gasteiger partial charge in [-0.1, -0.05) is 11.6 Å². The monoisotopic (exact) mass is 367 g/mol. The van der Waals surface area contributed by atoms with Crippen LogP contribution < -0.4 is 5.32 Å². The molecule has 0 aliphatic carbocycles. The number of amides is 1. The number of fused-ring (bicyclic) bond motifs is 1. The highest BCUT2D eigenvalue weighted by molar-refractivity contribution is 7.10. The molecule has 7 heteroatoms. The van der Waals surface area contributed by atoms with Crippen LogP contribution in [0.25, 0.3) is 22.4 Å². The summed E-state index contributed by atoms with van der Waals surface area (Å²) < 4.78 is 22.9. The molecule has 1 amide bonds. The maximum absolute atomic E-state index is 13.0. The first kappa shape index (κ1) is 16.4. The van der Waals surface area contributed by atoms with Crippen molar-refractivity contribution in [2.45, 2.75) is 13.8 Å². The van der Waals surface area contributed by atoms with Crippen molar-refractivity contribution in [1.82, 2.24) is 9.36 Å². The minimum atomic E-state index is -0.377. The van der Waals surface area contributed by atoms with Crippen molar-refractivity contribution in [3.05, 3.63) is 65.2 Å². The van der Waals surface area contributed by atoms with Gasteiger partial charge < -0.3 is 4.42 Å². The maximum Gasteiger partial charge on any atom is 0.293 e. The molecule has 4 aromatic rings. The van der Waals surface area contributed by atoms with E-state index in [-0.39, 0.29) is 17.5 Å². The van der Waals surface area contributed by atoms with Crippen LogP contribution in [0, 0.1) is 19.7 Å². The molecule has 0 saturated carbocycles. The first-order valence-corrected chi connectivity index (χ1v) is 8.69. The predicted molar refractivity (Wildman–Crippen MR) is 98.9 cm³/mol. The zero-order chi connectivity index (χ0) is 18.3. The molecule has 0 aliphatic rings. The van der Waals surface area contributed by atoms with E-state index in [1.807, 2.05) is 32.0 Å². The highest BCUT2D eigenvalue weighted by atomic mass is 32.1. The zero-order valence-electron chi connectivity index (χ0n) is 14.0. The number of anilines is 1. The Morgan fingerprint density at radius 3 is 2.69 bits per heavy atom. The van der Waals surface area contributed by atoms with Crippen LogP contribution in [0.4, 0.5) is 9.52 Å². The normalized spacial score (nSPS) is 11.0. The fourth-order valence-electron chi connectivity index (χ4n) is 2.70. The fraction of sp³-hybridized carbons (Fsp3) is 0.105. The van der Waals surface area contributed by atoms with Crippen molar-refractivity contribution in [1.29, 1.82) is 0 Å². The summed E-state index contributed by atoms with van der Waals surface area (Å²) in [6.07, 6.45) is 0. The number of aryl methyl sites for hydroxylation is 2. The summed E-state index contributed by atoms with van der Waals surface area (Å²) in [6.45, 7) is 3.84. The highest BCUT2D eigenvalue weighted by Gasteiger charge is 2.19. The number of hydrogen-bond acceptors (Lipinski definition) is 5. The summed E-state index contributed by atoms with van der Waals surface area (Å²) in [5, 5.41) is 3.98. The number of hydrogen-bond donors (Lipinski definition) is 1. The first-order valence-electron chi connectivity index (χ1n) is 7.92. The smallest absolute Gasteiger partial charge is 0.293 e. The number of benzene rings is 2. The van der Waals surface area contributed by atoms with Crippen molar-refractivity contribution in [3.63, 3.8) is 0 Å². The third kappa shape index (κ3) is 2.97. The summed E-state index contributed by atoms with van der Waals surface area (Å²) >= 11 is 1.06. The van der Waals surface area contributed by atoms with E-state index in [1.165, 1.54) is 12.1 Å². The Balaban J connectivity index is 1.59. The quantitative estimate of drug-likeness (QED) is 0.556. The van der Waals surface area contributed by atoms with Crippen LogP contribution >= 0.6 is 11.5 Å². The molecule has 2 aromatic heterocycles. The van der Waals surface area contributed by atoms with Crippen molar-refractivity contribution in [2.24, 2.45) is 0 Å². The van der Waals surface area contributed by atoms with Crippen LogP contribution in [0.2, 0.25) is 0 Å². The molecule has 5 nitrogen and oxygen atoms in total. The standard InChI is InChI=1S/C19H14FN3O2S/c1-10-3-8-15-14(9-10)11(2)16(25-15)18(24)22-19-21-17(23-26-19)12-4-6-13(20)7-5-12/h3-9H,1-2H3,(H,21,22,23,24). The first-order chi connectivity index (χ1) is 12.5. The van der Waals surface area contributed by atoms with Gasteiger partial charge in [0.25, 0.3) is 5.91 Å². The van der Waals surface area contributed by atoms with E-state index >= 15 is 0 Å². The van der Waals surface area contributed by atoms with Crippen molar-refractivity contribution in [3.8, 4) is 11.4 Å². The van der Waals surface area contributed by atoms with Gasteiger partial charge in [0.15, 0.2) is 11.6 Å². The molecule has 26 heavy (non-hydrogen) atoms. The van der Waals surface area contributed by atoms with Gasteiger partial charge >= 0.3 is 0 Å². The topological polar surface area (TPSA) is 68.0 Å². The predicted octanol–water partition coefficient (Wildman–Crippen LogP) is 4.96. The van der Waals surface area contributed by atoms with E-state index in [0.717, 1.165) is 28.0 Å². The SMILES string of the molecule is Cc1ccc2oc(C(=O)Nc3nc(-c4ccc(F)cc4)ns3)c(C)c2c1. The molecule has 0 bridgehead atoms. The third-order valence-corrected chi connectivity index (χ3v) is 4.68. The Labute approximate surface area is 152 Å². The average molecular weight is 367 g/mol. The summed E-state index contributed by atoms with van der Waals surface area (Å²) in [5.74, 6) is -0.0161. The van der Waals surface area contributed by atoms with Gasteiger partial charge in [-0.15, -0.1) is 0 Å². The molecule has 0 radical (unpaired) electrons. The number of nitrogens with one attached hydrogen (secondary N) is 1. The van der Waals surface area contributed by atoms with E-state index in [9.17, 15) is 9.18 Å². The Morgan fingerprint density at radius 1 is 1.15 bits per heavy atom. The average Bonchev–Trinajstić information content (AvgIpc) is 3.21. The fourth-order valence-corrected chi connectivity index (χ4v) is 3.28.